The molecule has 0 unspecified atom stereocenters. The molecule has 0 saturated carbocycles. The molecule has 0 amide bonds. The van der Waals surface area contributed by atoms with Crippen molar-refractivity contribution < 1.29 is 9.72 Å². The number of nitrogens with zero attached hydrogens (tertiary/aromatic N) is 2. The molecule has 0 saturated heterocycles. The second-order valence-electron chi connectivity index (χ2n) is 4.05. The second kappa shape index (κ2) is 5.95. The zero-order valence-electron chi connectivity index (χ0n) is 10.2. The van der Waals surface area contributed by atoms with Crippen LogP contribution in [0.15, 0.2) is 47.5 Å². The minimum Gasteiger partial charge on any atom is -0.340 e. The largest absolute Gasteiger partial charge is 0.340 e. The fraction of sp³-hybridized carbons (Fsp3) is 0.0769. The summed E-state index contributed by atoms with van der Waals surface area (Å²) in [5.74, 6) is -0.181. The molecule has 0 aliphatic carbocycles. The summed E-state index contributed by atoms with van der Waals surface area (Å²) in [6.07, 6.45) is 2.44. The predicted octanol–water partition coefficient (Wildman–Crippen LogP) is 2.24. The van der Waals surface area contributed by atoms with Crippen LogP contribution in [-0.2, 0) is 6.54 Å². The van der Waals surface area contributed by atoms with Crippen molar-refractivity contribution in [2.75, 3.05) is 0 Å². The Kier molecular flexibility index (Phi) is 4.28. The molecule has 6 nitrogen and oxygen atoms in total. The quantitative estimate of drug-likeness (QED) is 0.351. The van der Waals surface area contributed by atoms with Crippen LogP contribution in [0.4, 0.5) is 5.69 Å². The molecular formula is C13H9IN2O4. The maximum Gasteiger partial charge on any atom is 0.332 e. The number of pyridine rings is 1. The van der Waals surface area contributed by atoms with Crippen molar-refractivity contribution in [3.8, 4) is 0 Å². The van der Waals surface area contributed by atoms with Gasteiger partial charge in [-0.1, -0.05) is 12.1 Å². The van der Waals surface area contributed by atoms with E-state index in [1.807, 2.05) is 12.1 Å². The van der Waals surface area contributed by atoms with Crippen LogP contribution in [0, 0.1) is 13.7 Å². The van der Waals surface area contributed by atoms with E-state index in [2.05, 4.69) is 22.6 Å². The number of nitro groups is 1. The van der Waals surface area contributed by atoms with Crippen molar-refractivity contribution in [1.82, 2.24) is 4.57 Å². The molecule has 0 atom stereocenters. The lowest BCUT2D eigenvalue weighted by Gasteiger charge is -2.05. The third kappa shape index (κ3) is 3.29. The smallest absolute Gasteiger partial charge is 0.332 e. The van der Waals surface area contributed by atoms with Crippen LogP contribution in [0.25, 0.3) is 0 Å². The molecule has 7 heteroatoms. The molecule has 0 bridgehead atoms. The molecule has 0 aliphatic rings. The Morgan fingerprint density at radius 1 is 1.25 bits per heavy atom. The first-order chi connectivity index (χ1) is 9.47. The Bertz CT molecular complexity index is 722. The van der Waals surface area contributed by atoms with E-state index in [9.17, 15) is 19.7 Å². The van der Waals surface area contributed by atoms with Crippen LogP contribution in [-0.4, -0.2) is 15.3 Å². The molecule has 2 aromatic rings. The summed E-state index contributed by atoms with van der Waals surface area (Å²) in [7, 11) is 0. The molecule has 0 fully saturated rings. The van der Waals surface area contributed by atoms with Gasteiger partial charge >= 0.3 is 5.69 Å². The highest BCUT2D eigenvalue weighted by Crippen LogP contribution is 2.09. The van der Waals surface area contributed by atoms with E-state index in [-0.39, 0.29) is 12.3 Å². The van der Waals surface area contributed by atoms with E-state index in [0.29, 0.717) is 5.56 Å². The predicted molar refractivity (Wildman–Crippen MR) is 80.8 cm³/mol. The van der Waals surface area contributed by atoms with Crippen molar-refractivity contribution in [2.45, 2.75) is 6.54 Å². The molecule has 1 heterocycles. The van der Waals surface area contributed by atoms with E-state index in [1.165, 1.54) is 10.8 Å². The highest BCUT2D eigenvalue weighted by atomic mass is 127. The standard InChI is InChI=1S/C13H9IN2O4/c14-10-3-1-9(2-4-10)13(18)8-15-6-5-12(17)11(7-15)16(19)20/h1-7H,8H2. The monoisotopic (exact) mass is 384 g/mol. The van der Waals surface area contributed by atoms with Gasteiger partial charge in [0.25, 0.3) is 5.43 Å². The lowest BCUT2D eigenvalue weighted by atomic mass is 10.1. The molecule has 0 N–H and O–H groups in total. The first-order valence-electron chi connectivity index (χ1n) is 5.60. The summed E-state index contributed by atoms with van der Waals surface area (Å²) in [6, 6.07) is 8.09. The SMILES string of the molecule is O=C(Cn1ccc(=O)c([N+](=O)[O-])c1)c1ccc(I)cc1. The number of hydrogen-bond donors (Lipinski definition) is 0. The van der Waals surface area contributed by atoms with E-state index in [1.54, 1.807) is 12.1 Å². The number of ketones is 1. The zero-order valence-corrected chi connectivity index (χ0v) is 12.3. The molecule has 20 heavy (non-hydrogen) atoms. The van der Waals surface area contributed by atoms with Crippen LogP contribution in [0.3, 0.4) is 0 Å². The molecule has 2 rings (SSSR count). The highest BCUT2D eigenvalue weighted by molar-refractivity contribution is 14.1. The fourth-order valence-corrected chi connectivity index (χ4v) is 2.00. The maximum atomic E-state index is 12.0. The van der Waals surface area contributed by atoms with Gasteiger partial charge in [-0.2, -0.15) is 0 Å². The molecular weight excluding hydrogens is 375 g/mol. The normalized spacial score (nSPS) is 10.2. The van der Waals surface area contributed by atoms with Gasteiger partial charge in [-0.3, -0.25) is 19.7 Å². The van der Waals surface area contributed by atoms with Crippen LogP contribution in [0.1, 0.15) is 10.4 Å². The number of aromatic nitrogens is 1. The minimum atomic E-state index is -0.756. The number of rotatable bonds is 4. The first kappa shape index (κ1) is 14.4. The Hall–Kier alpha value is -2.03. The van der Waals surface area contributed by atoms with Crippen molar-refractivity contribution in [3.05, 3.63) is 72.2 Å². The van der Waals surface area contributed by atoms with Gasteiger partial charge in [0.05, 0.1) is 17.7 Å². The summed E-state index contributed by atoms with van der Waals surface area (Å²) in [4.78, 5) is 33.2. The van der Waals surface area contributed by atoms with E-state index >= 15 is 0 Å². The lowest BCUT2D eigenvalue weighted by molar-refractivity contribution is -0.386. The number of benzene rings is 1. The average molecular weight is 384 g/mol. The van der Waals surface area contributed by atoms with Crippen LogP contribution in [0.2, 0.25) is 0 Å². The minimum absolute atomic E-state index is 0.0539. The van der Waals surface area contributed by atoms with Crippen LogP contribution < -0.4 is 5.43 Å². The van der Waals surface area contributed by atoms with Gasteiger partial charge in [-0.15, -0.1) is 0 Å². The third-order valence-electron chi connectivity index (χ3n) is 2.65. The summed E-state index contributed by atoms with van der Waals surface area (Å²) in [6.45, 7) is -0.0539. The molecule has 0 spiro atoms. The molecule has 102 valence electrons. The molecule has 0 aliphatic heterocycles. The summed E-state index contributed by atoms with van der Waals surface area (Å²) < 4.78 is 2.35. The Labute approximate surface area is 127 Å². The van der Waals surface area contributed by atoms with Gasteiger partial charge in [0, 0.05) is 21.4 Å². The van der Waals surface area contributed by atoms with Gasteiger partial charge in [0.1, 0.15) is 0 Å². The summed E-state index contributed by atoms with van der Waals surface area (Å²) >= 11 is 2.13. The number of carbonyl (C=O) groups excluding carboxylic acids is 1. The lowest BCUT2D eigenvalue weighted by Crippen LogP contribution is -2.15. The van der Waals surface area contributed by atoms with Crippen LogP contribution >= 0.6 is 22.6 Å². The second-order valence-corrected chi connectivity index (χ2v) is 5.30. The van der Waals surface area contributed by atoms with Crippen molar-refractivity contribution >= 4 is 34.1 Å². The third-order valence-corrected chi connectivity index (χ3v) is 3.37. The first-order valence-corrected chi connectivity index (χ1v) is 6.68. The van der Waals surface area contributed by atoms with Crippen molar-refractivity contribution in [1.29, 1.82) is 0 Å². The topological polar surface area (TPSA) is 82.2 Å². The summed E-state index contributed by atoms with van der Waals surface area (Å²) in [5.41, 5.74) is -0.692. The Balaban J connectivity index is 2.24. The number of hydrogen-bond acceptors (Lipinski definition) is 4. The van der Waals surface area contributed by atoms with Crippen LogP contribution in [0.5, 0.6) is 0 Å². The van der Waals surface area contributed by atoms with Crippen molar-refractivity contribution in [3.63, 3.8) is 0 Å². The maximum absolute atomic E-state index is 12.0. The van der Waals surface area contributed by atoms with E-state index < -0.39 is 16.0 Å². The van der Waals surface area contributed by atoms with Crippen molar-refractivity contribution in [2.24, 2.45) is 0 Å². The fourth-order valence-electron chi connectivity index (χ4n) is 1.64. The van der Waals surface area contributed by atoms with E-state index in [4.69, 9.17) is 0 Å². The Morgan fingerprint density at radius 2 is 1.90 bits per heavy atom. The average Bonchev–Trinajstić information content (AvgIpc) is 2.41. The van der Waals surface area contributed by atoms with Gasteiger partial charge in [-0.25, -0.2) is 0 Å². The van der Waals surface area contributed by atoms with Gasteiger partial charge in [0.2, 0.25) is 0 Å². The highest BCUT2D eigenvalue weighted by Gasteiger charge is 2.13. The number of Topliss-reactive ketones (excluding diaryl/α,β-unsaturated/α-hetero) is 1. The zero-order chi connectivity index (χ0) is 14.7. The molecule has 1 aromatic heterocycles. The van der Waals surface area contributed by atoms with E-state index in [0.717, 1.165) is 15.8 Å². The molecule has 0 radical (unpaired) electrons. The summed E-state index contributed by atoms with van der Waals surface area (Å²) in [5, 5.41) is 10.7. The molecule has 1 aromatic carbocycles. The van der Waals surface area contributed by atoms with Gasteiger partial charge in [0.15, 0.2) is 5.78 Å². The Morgan fingerprint density at radius 3 is 2.50 bits per heavy atom. The van der Waals surface area contributed by atoms with Gasteiger partial charge < -0.3 is 4.57 Å². The number of carbonyl (C=O) groups is 1. The van der Waals surface area contributed by atoms with Gasteiger partial charge in [-0.05, 0) is 34.7 Å². The number of halogens is 1.